The topological polar surface area (TPSA) is 0 Å². The minimum absolute atomic E-state index is 0.185. The molecule has 5 rings (SSSR count). The van der Waals surface area contributed by atoms with Gasteiger partial charge in [-0.25, -0.2) is 0 Å². The molecule has 0 N–H and O–H groups in total. The summed E-state index contributed by atoms with van der Waals surface area (Å²) in [6.45, 7) is 2.32. The van der Waals surface area contributed by atoms with E-state index in [4.69, 9.17) is 0 Å². The minimum atomic E-state index is -6.00. The van der Waals surface area contributed by atoms with Crippen LogP contribution in [-0.2, 0) is 5.75 Å². The lowest BCUT2D eigenvalue weighted by atomic mass is 10.00. The van der Waals surface area contributed by atoms with Gasteiger partial charge in [0.1, 0.15) is 5.75 Å². The van der Waals surface area contributed by atoms with Crippen LogP contribution >= 0.6 is 10.5 Å². The SMILES string of the molecule is CC[s+]1c2ccccc2c2ccc3ccc4ccccc4c3c21.F[B-](F)(F)F. The Morgan fingerprint density at radius 3 is 1.96 bits per heavy atom. The Balaban J connectivity index is 0.000000346. The van der Waals surface area contributed by atoms with Crippen LogP contribution in [0.4, 0.5) is 17.3 Å². The summed E-state index contributed by atoms with van der Waals surface area (Å²) >= 11 is 0. The number of rotatable bonds is 1. The molecule has 0 saturated heterocycles. The van der Waals surface area contributed by atoms with Gasteiger partial charge in [0, 0.05) is 16.2 Å². The maximum atomic E-state index is 9.75. The molecule has 0 aliphatic heterocycles. The molecule has 1 heterocycles. The fourth-order valence-electron chi connectivity index (χ4n) is 3.85. The van der Waals surface area contributed by atoms with E-state index in [0.29, 0.717) is 0 Å². The van der Waals surface area contributed by atoms with Crippen LogP contribution in [0.1, 0.15) is 6.92 Å². The van der Waals surface area contributed by atoms with Gasteiger partial charge in [-0.05, 0) is 51.8 Å². The van der Waals surface area contributed by atoms with Crippen LogP contribution in [-0.4, -0.2) is 7.25 Å². The molecular weight excluding hydrogens is 383 g/mol. The van der Waals surface area contributed by atoms with Crippen molar-refractivity contribution in [3.8, 4) is 0 Å². The highest BCUT2D eigenvalue weighted by Crippen LogP contribution is 2.47. The molecule has 0 fully saturated rings. The van der Waals surface area contributed by atoms with Crippen LogP contribution < -0.4 is 0 Å². The third kappa shape index (κ3) is 3.33. The molecule has 1 unspecified atom stereocenters. The van der Waals surface area contributed by atoms with Gasteiger partial charge in [0.2, 0.25) is 0 Å². The van der Waals surface area contributed by atoms with Crippen molar-refractivity contribution < 1.29 is 17.3 Å². The third-order valence-corrected chi connectivity index (χ3v) is 7.22. The number of benzene rings is 4. The molecule has 0 aliphatic carbocycles. The fraction of sp³-hybridized carbons (Fsp3) is 0.0909. The first-order valence-electron chi connectivity index (χ1n) is 9.00. The summed E-state index contributed by atoms with van der Waals surface area (Å²) in [5.74, 6) is 1.17. The Morgan fingerprint density at radius 2 is 1.25 bits per heavy atom. The average molecular weight is 400 g/mol. The zero-order valence-corrected chi connectivity index (χ0v) is 15.9. The van der Waals surface area contributed by atoms with Gasteiger partial charge in [-0.3, -0.25) is 0 Å². The number of hydrogen-bond donors (Lipinski definition) is 0. The Labute approximate surface area is 162 Å². The van der Waals surface area contributed by atoms with Crippen molar-refractivity contribution in [2.75, 3.05) is 0 Å². The summed E-state index contributed by atoms with van der Waals surface area (Å²) in [6, 6.07) is 26.9. The Kier molecular flexibility index (Phi) is 4.75. The number of aryl methyl sites for hydroxylation is 1. The maximum Gasteiger partial charge on any atom is 0.673 e. The monoisotopic (exact) mass is 400 g/mol. The van der Waals surface area contributed by atoms with Crippen LogP contribution in [0.15, 0.2) is 72.8 Å². The first kappa shape index (κ1) is 18.8. The standard InChI is InChI=1S/C22H17S.BF4/c1-2-23-20-10-6-5-9-18(20)19-14-13-16-12-11-15-7-3-4-8-17(15)21(16)22(19)23;2-1(3,4)5/h3-14H,2H2,1H3;/q+1;-1. The van der Waals surface area contributed by atoms with Crippen LogP contribution in [0.2, 0.25) is 0 Å². The lowest BCUT2D eigenvalue weighted by Crippen LogP contribution is -2.02. The minimum Gasteiger partial charge on any atom is -0.418 e. The number of halogens is 4. The van der Waals surface area contributed by atoms with Crippen molar-refractivity contribution in [2.45, 2.75) is 12.7 Å². The van der Waals surface area contributed by atoms with Gasteiger partial charge in [0.15, 0.2) is 9.40 Å². The summed E-state index contributed by atoms with van der Waals surface area (Å²) in [7, 11) is -5.81. The van der Waals surface area contributed by atoms with Gasteiger partial charge in [0.05, 0.1) is 0 Å². The Bertz CT molecular complexity index is 1300. The third-order valence-electron chi connectivity index (χ3n) is 4.84. The van der Waals surface area contributed by atoms with E-state index in [1.54, 1.807) is 4.70 Å². The lowest BCUT2D eigenvalue weighted by Gasteiger charge is -2.03. The second kappa shape index (κ2) is 7.10. The van der Waals surface area contributed by atoms with Crippen molar-refractivity contribution in [1.29, 1.82) is 0 Å². The van der Waals surface area contributed by atoms with E-state index in [2.05, 4.69) is 79.7 Å². The smallest absolute Gasteiger partial charge is 0.418 e. The van der Waals surface area contributed by atoms with Gasteiger partial charge >= 0.3 is 7.25 Å². The molecule has 28 heavy (non-hydrogen) atoms. The van der Waals surface area contributed by atoms with E-state index in [9.17, 15) is 17.3 Å². The molecule has 1 atom stereocenters. The summed E-state index contributed by atoms with van der Waals surface area (Å²) < 4.78 is 42.1. The van der Waals surface area contributed by atoms with Gasteiger partial charge < -0.3 is 17.3 Å². The molecule has 1 aromatic heterocycles. The lowest BCUT2D eigenvalue weighted by molar-refractivity contribution is 0.368. The first-order chi connectivity index (χ1) is 13.4. The zero-order chi connectivity index (χ0) is 19.9. The second-order valence-electron chi connectivity index (χ2n) is 6.50. The molecule has 0 spiro atoms. The van der Waals surface area contributed by atoms with Gasteiger partial charge in [-0.15, -0.1) is 0 Å². The molecule has 0 amide bonds. The molecular formula is C22H17BF4S. The highest BCUT2D eigenvalue weighted by Gasteiger charge is 2.23. The van der Waals surface area contributed by atoms with Crippen molar-refractivity contribution in [3.05, 3.63) is 72.8 Å². The number of fused-ring (bicyclic) bond motifs is 7. The zero-order valence-electron chi connectivity index (χ0n) is 15.1. The van der Waals surface area contributed by atoms with Crippen molar-refractivity contribution in [2.24, 2.45) is 0 Å². The summed E-state index contributed by atoms with van der Waals surface area (Å²) in [5.41, 5.74) is 0. The highest BCUT2D eigenvalue weighted by atomic mass is 32.2. The molecule has 0 bridgehead atoms. The maximum absolute atomic E-state index is 9.75. The van der Waals surface area contributed by atoms with Crippen molar-refractivity contribution in [3.63, 3.8) is 0 Å². The van der Waals surface area contributed by atoms with E-state index in [1.807, 2.05) is 0 Å². The van der Waals surface area contributed by atoms with Gasteiger partial charge in [0.25, 0.3) is 0 Å². The molecule has 0 nitrogen and oxygen atoms in total. The van der Waals surface area contributed by atoms with E-state index in [1.165, 1.54) is 42.8 Å². The normalized spacial score (nSPS) is 12.5. The van der Waals surface area contributed by atoms with Crippen molar-refractivity contribution >= 4 is 59.4 Å². The summed E-state index contributed by atoms with van der Waals surface area (Å²) in [4.78, 5) is 0. The molecule has 6 heteroatoms. The molecule has 0 saturated carbocycles. The second-order valence-corrected chi connectivity index (χ2v) is 8.70. The number of thiophene rings is 1. The fourth-order valence-corrected chi connectivity index (χ4v) is 6.27. The van der Waals surface area contributed by atoms with Crippen LogP contribution in [0.3, 0.4) is 0 Å². The van der Waals surface area contributed by atoms with E-state index < -0.39 is 7.25 Å². The summed E-state index contributed by atoms with van der Waals surface area (Å²) in [6.07, 6.45) is 0. The number of hydrogen-bond acceptors (Lipinski definition) is 0. The Morgan fingerprint density at radius 1 is 0.679 bits per heavy atom. The van der Waals surface area contributed by atoms with Crippen LogP contribution in [0.5, 0.6) is 0 Å². The molecule has 0 radical (unpaired) electrons. The summed E-state index contributed by atoms with van der Waals surface area (Å²) in [5, 5.41) is 8.42. The predicted octanol–water partition coefficient (Wildman–Crippen LogP) is 8.37. The van der Waals surface area contributed by atoms with Crippen LogP contribution in [0.25, 0.3) is 41.7 Å². The van der Waals surface area contributed by atoms with E-state index >= 15 is 0 Å². The van der Waals surface area contributed by atoms with Gasteiger partial charge in [-0.1, -0.05) is 54.6 Å². The highest BCUT2D eigenvalue weighted by molar-refractivity contribution is 7.43. The Hall–Kier alpha value is -2.60. The largest absolute Gasteiger partial charge is 0.673 e. The average Bonchev–Trinajstić information content (AvgIpc) is 3.00. The molecule has 142 valence electrons. The van der Waals surface area contributed by atoms with Crippen LogP contribution in [0, 0.1) is 0 Å². The molecule has 4 aromatic carbocycles. The van der Waals surface area contributed by atoms with Gasteiger partial charge in [-0.2, -0.15) is 0 Å². The molecule has 5 aromatic rings. The molecule has 0 aliphatic rings. The predicted molar refractivity (Wildman–Crippen MR) is 115 cm³/mol. The quantitative estimate of drug-likeness (QED) is 0.115. The first-order valence-corrected chi connectivity index (χ1v) is 10.4. The van der Waals surface area contributed by atoms with Crippen molar-refractivity contribution in [1.82, 2.24) is 0 Å². The van der Waals surface area contributed by atoms with E-state index in [0.717, 1.165) is 0 Å². The van der Waals surface area contributed by atoms with E-state index in [-0.39, 0.29) is 10.5 Å².